The minimum atomic E-state index is -0.431. The lowest BCUT2D eigenvalue weighted by Crippen LogP contribution is -2.25. The normalized spacial score (nSPS) is 12.2. The van der Waals surface area contributed by atoms with E-state index in [1.54, 1.807) is 36.1 Å². The maximum absolute atomic E-state index is 12.2. The van der Waals surface area contributed by atoms with Gasteiger partial charge in [-0.15, -0.1) is 0 Å². The number of nitrogens with one attached hydrogen (secondary N) is 1. The monoisotopic (exact) mass is 278 g/mol. The number of carbonyl (C=O) groups excluding carboxylic acids is 1. The third-order valence-electron chi connectivity index (χ3n) is 2.93. The number of hydrogen-bond acceptors (Lipinski definition) is 3. The van der Waals surface area contributed by atoms with Crippen LogP contribution in [-0.4, -0.2) is 20.7 Å². The molecule has 0 aliphatic heterocycles. The number of halogens is 1. The van der Waals surface area contributed by atoms with Crippen LogP contribution < -0.4 is 5.32 Å². The van der Waals surface area contributed by atoms with E-state index in [9.17, 15) is 4.79 Å². The Morgan fingerprint density at radius 2 is 2.00 bits per heavy atom. The van der Waals surface area contributed by atoms with E-state index in [4.69, 9.17) is 11.6 Å². The molecular formula is C13H15ClN4O. The second-order valence-electron chi connectivity index (χ2n) is 4.33. The van der Waals surface area contributed by atoms with Gasteiger partial charge in [-0.2, -0.15) is 5.10 Å². The van der Waals surface area contributed by atoms with Crippen LogP contribution in [0.3, 0.4) is 0 Å². The van der Waals surface area contributed by atoms with E-state index >= 15 is 0 Å². The number of aryl methyl sites for hydroxylation is 1. The summed E-state index contributed by atoms with van der Waals surface area (Å²) in [6, 6.07) is 3.04. The molecule has 1 unspecified atom stereocenters. The van der Waals surface area contributed by atoms with Crippen LogP contribution in [0.5, 0.6) is 0 Å². The number of pyridine rings is 1. The zero-order chi connectivity index (χ0) is 14.0. The lowest BCUT2D eigenvalue weighted by Gasteiger charge is -2.14. The van der Waals surface area contributed by atoms with Crippen molar-refractivity contribution in [2.75, 3.05) is 5.32 Å². The first-order valence-electron chi connectivity index (χ1n) is 5.92. The van der Waals surface area contributed by atoms with Gasteiger partial charge in [-0.05, 0) is 32.9 Å². The van der Waals surface area contributed by atoms with Crippen LogP contribution in [0.2, 0.25) is 5.02 Å². The zero-order valence-electron chi connectivity index (χ0n) is 11.0. The Labute approximate surface area is 116 Å². The van der Waals surface area contributed by atoms with Gasteiger partial charge in [-0.1, -0.05) is 11.6 Å². The smallest absolute Gasteiger partial charge is 0.248 e. The first kappa shape index (κ1) is 13.5. The van der Waals surface area contributed by atoms with Gasteiger partial charge in [0.2, 0.25) is 5.91 Å². The van der Waals surface area contributed by atoms with Gasteiger partial charge in [-0.25, -0.2) is 0 Å². The summed E-state index contributed by atoms with van der Waals surface area (Å²) in [7, 11) is 0. The van der Waals surface area contributed by atoms with Crippen LogP contribution in [0.25, 0.3) is 0 Å². The van der Waals surface area contributed by atoms with E-state index in [2.05, 4.69) is 15.4 Å². The number of nitrogens with zero attached hydrogens (tertiary/aromatic N) is 3. The van der Waals surface area contributed by atoms with Crippen molar-refractivity contribution >= 4 is 23.2 Å². The molecule has 6 heteroatoms. The van der Waals surface area contributed by atoms with E-state index in [1.165, 1.54) is 0 Å². The highest BCUT2D eigenvalue weighted by atomic mass is 35.5. The highest BCUT2D eigenvalue weighted by Crippen LogP contribution is 2.22. The van der Waals surface area contributed by atoms with Gasteiger partial charge in [-0.3, -0.25) is 14.5 Å². The van der Waals surface area contributed by atoms with Gasteiger partial charge in [0.15, 0.2) is 0 Å². The van der Waals surface area contributed by atoms with Crippen LogP contribution in [0, 0.1) is 13.8 Å². The molecule has 2 aromatic heterocycles. The summed E-state index contributed by atoms with van der Waals surface area (Å²) in [5, 5.41) is 7.70. The van der Waals surface area contributed by atoms with E-state index in [0.29, 0.717) is 10.7 Å². The topological polar surface area (TPSA) is 59.8 Å². The molecule has 19 heavy (non-hydrogen) atoms. The molecule has 0 radical (unpaired) electrons. The summed E-state index contributed by atoms with van der Waals surface area (Å²) in [6.45, 7) is 5.45. The second-order valence-corrected chi connectivity index (χ2v) is 4.71. The van der Waals surface area contributed by atoms with E-state index in [1.807, 2.05) is 13.8 Å². The first-order valence-corrected chi connectivity index (χ1v) is 6.30. The molecular weight excluding hydrogens is 264 g/mol. The van der Waals surface area contributed by atoms with E-state index < -0.39 is 6.04 Å². The van der Waals surface area contributed by atoms with Crippen molar-refractivity contribution in [2.45, 2.75) is 26.8 Å². The molecule has 2 aromatic rings. The van der Waals surface area contributed by atoms with Crippen molar-refractivity contribution in [3.63, 3.8) is 0 Å². The largest absolute Gasteiger partial charge is 0.324 e. The van der Waals surface area contributed by atoms with Gasteiger partial charge in [0, 0.05) is 18.1 Å². The van der Waals surface area contributed by atoms with Crippen LogP contribution in [-0.2, 0) is 4.79 Å². The van der Waals surface area contributed by atoms with Crippen molar-refractivity contribution in [1.82, 2.24) is 14.8 Å². The fourth-order valence-electron chi connectivity index (χ4n) is 1.81. The molecule has 2 rings (SSSR count). The van der Waals surface area contributed by atoms with Gasteiger partial charge in [0.25, 0.3) is 0 Å². The average Bonchev–Trinajstić information content (AvgIpc) is 2.67. The number of anilines is 1. The standard InChI is InChI=1S/C13H15ClN4O/c1-8-12(14)9(2)18(17-8)10(3)13(19)16-11-4-6-15-7-5-11/h4-7,10H,1-3H3,(H,15,16,19). The quantitative estimate of drug-likeness (QED) is 0.939. The second kappa shape index (κ2) is 5.40. The molecule has 0 aliphatic rings. The van der Waals surface area contributed by atoms with Crippen LogP contribution in [0.1, 0.15) is 24.4 Å². The van der Waals surface area contributed by atoms with E-state index in [0.717, 1.165) is 11.4 Å². The van der Waals surface area contributed by atoms with Crippen molar-refractivity contribution in [3.05, 3.63) is 40.9 Å². The van der Waals surface area contributed by atoms with Crippen molar-refractivity contribution in [3.8, 4) is 0 Å². The SMILES string of the molecule is Cc1nn(C(C)C(=O)Nc2ccncc2)c(C)c1Cl. The van der Waals surface area contributed by atoms with Gasteiger partial charge in [0.05, 0.1) is 16.4 Å². The summed E-state index contributed by atoms with van der Waals surface area (Å²) in [5.74, 6) is -0.145. The van der Waals surface area contributed by atoms with Gasteiger partial charge < -0.3 is 5.32 Å². The highest BCUT2D eigenvalue weighted by Gasteiger charge is 2.20. The zero-order valence-corrected chi connectivity index (χ0v) is 11.8. The Kier molecular flexibility index (Phi) is 3.85. The van der Waals surface area contributed by atoms with E-state index in [-0.39, 0.29) is 5.91 Å². The van der Waals surface area contributed by atoms with Crippen LogP contribution in [0.15, 0.2) is 24.5 Å². The van der Waals surface area contributed by atoms with Crippen molar-refractivity contribution < 1.29 is 4.79 Å². The first-order chi connectivity index (χ1) is 9.00. The number of carbonyl (C=O) groups is 1. The molecule has 1 amide bonds. The minimum Gasteiger partial charge on any atom is -0.324 e. The maximum atomic E-state index is 12.2. The van der Waals surface area contributed by atoms with Gasteiger partial charge >= 0.3 is 0 Å². The van der Waals surface area contributed by atoms with Crippen LogP contribution in [0.4, 0.5) is 5.69 Å². The number of aromatic nitrogens is 3. The Morgan fingerprint density at radius 1 is 1.37 bits per heavy atom. The molecule has 5 nitrogen and oxygen atoms in total. The molecule has 0 saturated heterocycles. The molecule has 0 aliphatic carbocycles. The average molecular weight is 279 g/mol. The van der Waals surface area contributed by atoms with Gasteiger partial charge in [0.1, 0.15) is 6.04 Å². The number of amides is 1. The molecule has 1 atom stereocenters. The highest BCUT2D eigenvalue weighted by molar-refractivity contribution is 6.31. The Morgan fingerprint density at radius 3 is 2.53 bits per heavy atom. The van der Waals surface area contributed by atoms with Crippen molar-refractivity contribution in [1.29, 1.82) is 0 Å². The molecule has 2 heterocycles. The fraction of sp³-hybridized carbons (Fsp3) is 0.308. The predicted octanol–water partition coefficient (Wildman–Crippen LogP) is 2.75. The van der Waals surface area contributed by atoms with Crippen molar-refractivity contribution in [2.24, 2.45) is 0 Å². The molecule has 100 valence electrons. The predicted molar refractivity (Wildman–Crippen MR) is 74.3 cm³/mol. The fourth-order valence-corrected chi connectivity index (χ4v) is 1.94. The summed E-state index contributed by atoms with van der Waals surface area (Å²) in [5.41, 5.74) is 2.22. The number of hydrogen-bond donors (Lipinski definition) is 1. The molecule has 0 bridgehead atoms. The third kappa shape index (κ3) is 2.76. The van der Waals surface area contributed by atoms with Crippen LogP contribution >= 0.6 is 11.6 Å². The molecule has 0 saturated carbocycles. The lowest BCUT2D eigenvalue weighted by molar-refractivity contribution is -0.119. The molecule has 0 aromatic carbocycles. The Balaban J connectivity index is 2.17. The summed E-state index contributed by atoms with van der Waals surface area (Å²) in [4.78, 5) is 16.0. The molecule has 0 spiro atoms. The Hall–Kier alpha value is -1.88. The minimum absolute atomic E-state index is 0.145. The third-order valence-corrected chi connectivity index (χ3v) is 3.48. The number of rotatable bonds is 3. The summed E-state index contributed by atoms with van der Waals surface area (Å²) >= 11 is 6.08. The Bertz CT molecular complexity index is 594. The summed E-state index contributed by atoms with van der Waals surface area (Å²) < 4.78 is 1.63. The maximum Gasteiger partial charge on any atom is 0.248 e. The summed E-state index contributed by atoms with van der Waals surface area (Å²) in [6.07, 6.45) is 3.25. The molecule has 1 N–H and O–H groups in total. The lowest BCUT2D eigenvalue weighted by atomic mass is 10.3. The molecule has 0 fully saturated rings.